The quantitative estimate of drug-likeness (QED) is 0.406. The van der Waals surface area contributed by atoms with Gasteiger partial charge in [-0.05, 0) is 25.5 Å². The molecule has 0 aliphatic rings. The summed E-state index contributed by atoms with van der Waals surface area (Å²) in [5.41, 5.74) is 0. The summed E-state index contributed by atoms with van der Waals surface area (Å²) in [5, 5.41) is 15.3. The normalized spacial score (nSPS) is 10.1. The molecule has 2 N–H and O–H groups in total. The summed E-state index contributed by atoms with van der Waals surface area (Å²) >= 11 is 0. The molecule has 0 fully saturated rings. The zero-order valence-electron chi connectivity index (χ0n) is 9.50. The maximum atomic E-state index is 10.2. The van der Waals surface area contributed by atoms with Crippen LogP contribution in [0.1, 0.15) is 64.2 Å². The number of hydrogen-bond acceptors (Lipinski definition) is 2. The van der Waals surface area contributed by atoms with E-state index in [1.807, 2.05) is 0 Å². The average molecular weight is 213 g/mol. The van der Waals surface area contributed by atoms with Crippen molar-refractivity contribution in [3.63, 3.8) is 0 Å². The second kappa shape index (κ2) is 11.2. The zero-order chi connectivity index (χ0) is 11.4. The maximum Gasteiger partial charge on any atom is 0.303 e. The molecule has 0 aliphatic carbocycles. The minimum atomic E-state index is -0.679. The van der Waals surface area contributed by atoms with Gasteiger partial charge in [0.15, 0.2) is 0 Å². The van der Waals surface area contributed by atoms with Crippen LogP contribution in [-0.2, 0) is 4.79 Å². The molecule has 15 heavy (non-hydrogen) atoms. The standard InChI is InChI=1S/C12H23NO2/c13-11-9-7-5-3-1-2-4-6-8-10-12(14)15/h11,13H,1-10H2,(H,14,15). The number of carboxylic acids is 1. The number of rotatable bonds is 11. The Morgan fingerprint density at radius 2 is 1.40 bits per heavy atom. The van der Waals surface area contributed by atoms with Crippen LogP contribution >= 0.6 is 0 Å². The number of carboxylic acid groups (broad SMARTS) is 1. The lowest BCUT2D eigenvalue weighted by Crippen LogP contribution is -1.93. The number of carbonyl (C=O) groups is 1. The van der Waals surface area contributed by atoms with E-state index in [0.717, 1.165) is 32.1 Å². The van der Waals surface area contributed by atoms with Crippen molar-refractivity contribution in [3.05, 3.63) is 0 Å². The lowest BCUT2D eigenvalue weighted by atomic mass is 10.1. The van der Waals surface area contributed by atoms with E-state index in [1.165, 1.54) is 31.9 Å². The molecule has 0 amide bonds. The Labute approximate surface area is 92.4 Å². The number of nitrogens with one attached hydrogen (secondary N) is 1. The third-order valence-electron chi connectivity index (χ3n) is 2.49. The van der Waals surface area contributed by atoms with Crippen molar-refractivity contribution in [2.75, 3.05) is 0 Å². The summed E-state index contributed by atoms with van der Waals surface area (Å²) < 4.78 is 0. The summed E-state index contributed by atoms with van der Waals surface area (Å²) in [7, 11) is 0. The summed E-state index contributed by atoms with van der Waals surface area (Å²) in [6.07, 6.45) is 11.9. The minimum Gasteiger partial charge on any atom is -0.481 e. The van der Waals surface area contributed by atoms with Gasteiger partial charge in [-0.1, -0.05) is 38.5 Å². The van der Waals surface area contributed by atoms with E-state index in [0.29, 0.717) is 6.42 Å². The predicted octanol–water partition coefficient (Wildman–Crippen LogP) is 3.62. The number of unbranched alkanes of at least 4 members (excludes halogenated alkanes) is 8. The Morgan fingerprint density at radius 1 is 0.933 bits per heavy atom. The van der Waals surface area contributed by atoms with Crippen LogP contribution in [0.15, 0.2) is 0 Å². The molecule has 0 aromatic carbocycles. The van der Waals surface area contributed by atoms with E-state index in [1.54, 1.807) is 0 Å². The van der Waals surface area contributed by atoms with Crippen molar-refractivity contribution in [2.45, 2.75) is 64.2 Å². The maximum absolute atomic E-state index is 10.2. The molecule has 0 aromatic rings. The fourth-order valence-corrected chi connectivity index (χ4v) is 1.58. The van der Waals surface area contributed by atoms with E-state index in [-0.39, 0.29) is 0 Å². The minimum absolute atomic E-state index is 0.319. The molecule has 0 unspecified atom stereocenters. The van der Waals surface area contributed by atoms with Gasteiger partial charge in [-0.15, -0.1) is 0 Å². The molecule has 0 radical (unpaired) electrons. The summed E-state index contributed by atoms with van der Waals surface area (Å²) in [4.78, 5) is 10.2. The smallest absolute Gasteiger partial charge is 0.303 e. The van der Waals surface area contributed by atoms with E-state index >= 15 is 0 Å². The second-order valence-corrected chi connectivity index (χ2v) is 3.96. The molecular weight excluding hydrogens is 190 g/mol. The Morgan fingerprint density at radius 3 is 1.87 bits per heavy atom. The molecule has 0 aromatic heterocycles. The monoisotopic (exact) mass is 213 g/mol. The van der Waals surface area contributed by atoms with Crippen LogP contribution in [-0.4, -0.2) is 17.3 Å². The average Bonchev–Trinajstić information content (AvgIpc) is 2.20. The Bertz CT molecular complexity index is 169. The van der Waals surface area contributed by atoms with Gasteiger partial charge < -0.3 is 10.5 Å². The highest BCUT2D eigenvalue weighted by atomic mass is 16.4. The predicted molar refractivity (Wildman–Crippen MR) is 62.6 cm³/mol. The first-order valence-corrected chi connectivity index (χ1v) is 5.98. The van der Waals surface area contributed by atoms with Crippen molar-refractivity contribution in [1.82, 2.24) is 0 Å². The molecule has 3 heteroatoms. The van der Waals surface area contributed by atoms with E-state index in [9.17, 15) is 4.79 Å². The van der Waals surface area contributed by atoms with Crippen molar-refractivity contribution in [3.8, 4) is 0 Å². The zero-order valence-corrected chi connectivity index (χ0v) is 9.50. The molecule has 0 spiro atoms. The summed E-state index contributed by atoms with van der Waals surface area (Å²) in [6, 6.07) is 0. The van der Waals surface area contributed by atoms with Crippen molar-refractivity contribution >= 4 is 12.2 Å². The summed E-state index contributed by atoms with van der Waals surface area (Å²) in [5.74, 6) is -0.679. The Kier molecular flexibility index (Phi) is 10.6. The highest BCUT2D eigenvalue weighted by molar-refractivity contribution is 5.66. The van der Waals surface area contributed by atoms with E-state index in [2.05, 4.69) is 0 Å². The SMILES string of the molecule is N=CCCCCCCCCCCC(=O)O. The number of aliphatic carboxylic acids is 1. The molecule has 0 rings (SSSR count). The highest BCUT2D eigenvalue weighted by Gasteiger charge is 1.96. The fraction of sp³-hybridized carbons (Fsp3) is 0.833. The molecule has 0 bridgehead atoms. The Hall–Kier alpha value is -0.860. The van der Waals surface area contributed by atoms with Gasteiger partial charge in [-0.3, -0.25) is 4.79 Å². The molecule has 0 heterocycles. The molecule has 0 aliphatic heterocycles. The van der Waals surface area contributed by atoms with Gasteiger partial charge in [-0.25, -0.2) is 0 Å². The van der Waals surface area contributed by atoms with Crippen LogP contribution in [0.3, 0.4) is 0 Å². The van der Waals surface area contributed by atoms with Crippen LogP contribution < -0.4 is 0 Å². The van der Waals surface area contributed by atoms with Gasteiger partial charge in [0.1, 0.15) is 0 Å². The van der Waals surface area contributed by atoms with Gasteiger partial charge in [0.25, 0.3) is 0 Å². The van der Waals surface area contributed by atoms with Crippen molar-refractivity contribution in [1.29, 1.82) is 5.41 Å². The fourth-order valence-electron chi connectivity index (χ4n) is 1.58. The second-order valence-electron chi connectivity index (χ2n) is 3.96. The van der Waals surface area contributed by atoms with Gasteiger partial charge in [-0.2, -0.15) is 0 Å². The molecule has 3 nitrogen and oxygen atoms in total. The van der Waals surface area contributed by atoms with E-state index < -0.39 is 5.97 Å². The summed E-state index contributed by atoms with van der Waals surface area (Å²) in [6.45, 7) is 0. The van der Waals surface area contributed by atoms with E-state index in [4.69, 9.17) is 10.5 Å². The number of hydrogen-bond donors (Lipinski definition) is 2. The first kappa shape index (κ1) is 14.1. The molecule has 88 valence electrons. The van der Waals surface area contributed by atoms with Crippen LogP contribution in [0.2, 0.25) is 0 Å². The van der Waals surface area contributed by atoms with Crippen LogP contribution in [0.5, 0.6) is 0 Å². The van der Waals surface area contributed by atoms with Crippen molar-refractivity contribution < 1.29 is 9.90 Å². The first-order valence-electron chi connectivity index (χ1n) is 5.98. The van der Waals surface area contributed by atoms with Gasteiger partial charge in [0.05, 0.1) is 0 Å². The molecular formula is C12H23NO2. The van der Waals surface area contributed by atoms with Gasteiger partial charge in [0.2, 0.25) is 0 Å². The van der Waals surface area contributed by atoms with Crippen LogP contribution in [0.4, 0.5) is 0 Å². The highest BCUT2D eigenvalue weighted by Crippen LogP contribution is 2.10. The topological polar surface area (TPSA) is 61.2 Å². The molecule has 0 saturated carbocycles. The lowest BCUT2D eigenvalue weighted by Gasteiger charge is -2.00. The molecule has 0 atom stereocenters. The van der Waals surface area contributed by atoms with Crippen LogP contribution in [0, 0.1) is 5.41 Å². The van der Waals surface area contributed by atoms with Gasteiger partial charge in [0, 0.05) is 6.42 Å². The van der Waals surface area contributed by atoms with Gasteiger partial charge >= 0.3 is 5.97 Å². The van der Waals surface area contributed by atoms with Crippen molar-refractivity contribution in [2.24, 2.45) is 0 Å². The van der Waals surface area contributed by atoms with Crippen LogP contribution in [0.25, 0.3) is 0 Å². The Balaban J connectivity index is 2.92. The third-order valence-corrected chi connectivity index (χ3v) is 2.49. The first-order chi connectivity index (χ1) is 7.27. The third kappa shape index (κ3) is 13.1. The largest absolute Gasteiger partial charge is 0.481 e. The molecule has 0 saturated heterocycles. The lowest BCUT2D eigenvalue weighted by molar-refractivity contribution is -0.137.